The van der Waals surface area contributed by atoms with Crippen LogP contribution < -0.4 is 15.4 Å². The molecule has 2 aliphatic rings. The van der Waals surface area contributed by atoms with Gasteiger partial charge < -0.3 is 30.0 Å². The summed E-state index contributed by atoms with van der Waals surface area (Å²) >= 11 is 0. The molecule has 2 aromatic rings. The van der Waals surface area contributed by atoms with Gasteiger partial charge in [-0.2, -0.15) is 0 Å². The van der Waals surface area contributed by atoms with Gasteiger partial charge in [-0.05, 0) is 42.3 Å². The number of halogens is 1. The van der Waals surface area contributed by atoms with Gasteiger partial charge in [0.2, 0.25) is 11.8 Å². The molecule has 0 radical (unpaired) electrons. The number of hydrogen-bond donors (Lipinski definition) is 3. The Bertz CT molecular complexity index is 1020. The van der Waals surface area contributed by atoms with Crippen LogP contribution in [0, 0.1) is 5.82 Å². The summed E-state index contributed by atoms with van der Waals surface area (Å²) in [5, 5.41) is 15.4. The summed E-state index contributed by atoms with van der Waals surface area (Å²) in [6, 6.07) is 11.4. The number of carbonyl (C=O) groups is 2. The fraction of sp³-hybridized carbons (Fsp3) is 0.417. The smallest absolute Gasteiger partial charge is 0.250 e. The number of benzene rings is 2. The van der Waals surface area contributed by atoms with Crippen molar-refractivity contribution in [2.75, 3.05) is 25.6 Å². The van der Waals surface area contributed by atoms with E-state index in [0.29, 0.717) is 23.4 Å². The zero-order valence-electron chi connectivity index (χ0n) is 18.3. The fourth-order valence-corrected chi connectivity index (χ4v) is 4.42. The molecule has 2 aromatic carbocycles. The third-order valence-corrected chi connectivity index (χ3v) is 5.85. The Morgan fingerprint density at radius 2 is 2.06 bits per heavy atom. The zero-order valence-corrected chi connectivity index (χ0v) is 18.3. The van der Waals surface area contributed by atoms with E-state index in [-0.39, 0.29) is 55.8 Å². The third kappa shape index (κ3) is 5.50. The molecule has 176 valence electrons. The van der Waals surface area contributed by atoms with Gasteiger partial charge in [-0.3, -0.25) is 9.59 Å². The molecule has 0 spiro atoms. The van der Waals surface area contributed by atoms with Gasteiger partial charge >= 0.3 is 0 Å². The second-order valence-electron chi connectivity index (χ2n) is 8.25. The van der Waals surface area contributed by atoms with Crippen LogP contribution in [0.25, 0.3) is 0 Å². The quantitative estimate of drug-likeness (QED) is 0.560. The first kappa shape index (κ1) is 23.2. The van der Waals surface area contributed by atoms with Gasteiger partial charge in [0.1, 0.15) is 30.4 Å². The predicted octanol–water partition coefficient (Wildman–Crippen LogP) is 2.11. The van der Waals surface area contributed by atoms with Crippen molar-refractivity contribution < 1.29 is 33.3 Å². The molecule has 33 heavy (non-hydrogen) atoms. The molecular formula is C24H27FN2O6. The largest absolute Gasteiger partial charge is 0.487 e. The predicted molar refractivity (Wildman–Crippen MR) is 117 cm³/mol. The number of aliphatic hydroxyl groups is 1. The van der Waals surface area contributed by atoms with Gasteiger partial charge in [0.25, 0.3) is 0 Å². The van der Waals surface area contributed by atoms with Crippen LogP contribution in [-0.4, -0.2) is 55.6 Å². The molecule has 4 atom stereocenters. The van der Waals surface area contributed by atoms with E-state index in [1.165, 1.54) is 19.2 Å². The number of carbonyl (C=O) groups excluding carboxylic acids is 2. The molecule has 0 unspecified atom stereocenters. The lowest BCUT2D eigenvalue weighted by Gasteiger charge is -2.37. The van der Waals surface area contributed by atoms with Gasteiger partial charge in [-0.1, -0.05) is 12.1 Å². The van der Waals surface area contributed by atoms with Crippen LogP contribution in [0.4, 0.5) is 10.1 Å². The first-order valence-electron chi connectivity index (χ1n) is 10.8. The summed E-state index contributed by atoms with van der Waals surface area (Å²) in [5.74, 6) is -0.258. The summed E-state index contributed by atoms with van der Waals surface area (Å²) in [4.78, 5) is 24.4. The Morgan fingerprint density at radius 3 is 2.82 bits per heavy atom. The van der Waals surface area contributed by atoms with Crippen molar-refractivity contribution in [3.05, 3.63) is 59.4 Å². The van der Waals surface area contributed by atoms with Crippen molar-refractivity contribution >= 4 is 17.5 Å². The first-order valence-corrected chi connectivity index (χ1v) is 10.8. The summed E-state index contributed by atoms with van der Waals surface area (Å²) in [6.07, 6.45) is -0.742. The summed E-state index contributed by atoms with van der Waals surface area (Å²) in [6.45, 7) is -0.0733. The van der Waals surface area contributed by atoms with E-state index in [1.807, 2.05) is 6.07 Å². The number of hydrogen-bond acceptors (Lipinski definition) is 6. The fourth-order valence-electron chi connectivity index (χ4n) is 4.42. The molecule has 2 aliphatic heterocycles. The molecule has 0 aromatic heterocycles. The Kier molecular flexibility index (Phi) is 7.22. The lowest BCUT2D eigenvalue weighted by atomic mass is 9.84. The number of rotatable bonds is 8. The van der Waals surface area contributed by atoms with Gasteiger partial charge in [0.05, 0.1) is 19.1 Å². The minimum Gasteiger partial charge on any atom is -0.487 e. The summed E-state index contributed by atoms with van der Waals surface area (Å²) in [5.41, 5.74) is 2.20. The molecular weight excluding hydrogens is 431 g/mol. The number of ether oxygens (including phenoxy) is 3. The molecule has 4 rings (SSSR count). The lowest BCUT2D eigenvalue weighted by molar-refractivity contribution is -0.142. The Morgan fingerprint density at radius 1 is 1.21 bits per heavy atom. The Hall–Kier alpha value is -3.01. The second-order valence-corrected chi connectivity index (χ2v) is 8.25. The van der Waals surface area contributed by atoms with Crippen molar-refractivity contribution in [1.82, 2.24) is 5.32 Å². The number of aliphatic hydroxyl groups excluding tert-OH is 1. The number of nitrogens with one attached hydrogen (secondary N) is 2. The van der Waals surface area contributed by atoms with E-state index in [0.717, 1.165) is 5.56 Å². The highest BCUT2D eigenvalue weighted by molar-refractivity contribution is 5.92. The lowest BCUT2D eigenvalue weighted by Crippen LogP contribution is -2.47. The SMILES string of the molecule is COCC(=O)Nc1ccc2c(c1)[C@@H]1C[C@H](CC(=O)NCc3cccc(F)c3)O[C@@H](CO)[C@@H]1O2. The van der Waals surface area contributed by atoms with Crippen LogP contribution in [0.15, 0.2) is 42.5 Å². The van der Waals surface area contributed by atoms with Crippen LogP contribution in [0.3, 0.4) is 0 Å². The maximum atomic E-state index is 13.3. The molecule has 2 amide bonds. The third-order valence-electron chi connectivity index (χ3n) is 5.85. The highest BCUT2D eigenvalue weighted by Crippen LogP contribution is 2.47. The topological polar surface area (TPSA) is 106 Å². The van der Waals surface area contributed by atoms with E-state index in [9.17, 15) is 19.1 Å². The number of anilines is 1. The van der Waals surface area contributed by atoms with Crippen molar-refractivity contribution in [3.8, 4) is 5.75 Å². The van der Waals surface area contributed by atoms with E-state index in [1.54, 1.807) is 24.3 Å². The average molecular weight is 458 g/mol. The highest BCUT2D eigenvalue weighted by atomic mass is 19.1. The number of amides is 2. The molecule has 1 saturated heterocycles. The highest BCUT2D eigenvalue weighted by Gasteiger charge is 2.46. The zero-order chi connectivity index (χ0) is 23.4. The second kappa shape index (κ2) is 10.3. The van der Waals surface area contributed by atoms with Gasteiger partial charge in [0, 0.05) is 30.8 Å². The van der Waals surface area contributed by atoms with Gasteiger partial charge in [-0.25, -0.2) is 4.39 Å². The summed E-state index contributed by atoms with van der Waals surface area (Å²) in [7, 11) is 1.45. The van der Waals surface area contributed by atoms with Crippen molar-refractivity contribution in [2.24, 2.45) is 0 Å². The molecule has 3 N–H and O–H groups in total. The maximum absolute atomic E-state index is 13.3. The number of fused-ring (bicyclic) bond motifs is 3. The molecule has 1 fully saturated rings. The van der Waals surface area contributed by atoms with Crippen molar-refractivity contribution in [1.29, 1.82) is 0 Å². The first-order chi connectivity index (χ1) is 16.0. The molecule has 0 aliphatic carbocycles. The van der Waals surface area contributed by atoms with Gasteiger partial charge in [-0.15, -0.1) is 0 Å². The average Bonchev–Trinajstić information content (AvgIpc) is 3.15. The van der Waals surface area contributed by atoms with E-state index in [2.05, 4.69) is 10.6 Å². The van der Waals surface area contributed by atoms with Crippen LogP contribution >= 0.6 is 0 Å². The maximum Gasteiger partial charge on any atom is 0.250 e. The Balaban J connectivity index is 1.41. The van der Waals surface area contributed by atoms with E-state index < -0.39 is 12.2 Å². The standard InChI is InChI=1S/C24H27FN2O6/c1-31-13-23(30)27-16-5-6-20-18(8-16)19-9-17(32-21(12-28)24(19)33-20)10-22(29)26-11-14-3-2-4-15(25)7-14/h2-8,17,19,21,24,28H,9-13H2,1H3,(H,26,29)(H,27,30)/t17-,19+,21+,24-/m1/s1. The molecule has 9 heteroatoms. The van der Waals surface area contributed by atoms with Crippen molar-refractivity contribution in [3.63, 3.8) is 0 Å². The van der Waals surface area contributed by atoms with Gasteiger partial charge in [0.15, 0.2) is 0 Å². The van der Waals surface area contributed by atoms with Crippen LogP contribution in [0.1, 0.15) is 29.9 Å². The molecule has 0 bridgehead atoms. The van der Waals surface area contributed by atoms with Crippen LogP contribution in [0.5, 0.6) is 5.75 Å². The molecule has 0 saturated carbocycles. The minimum absolute atomic E-state index is 0.0487. The Labute approximate surface area is 191 Å². The molecule has 2 heterocycles. The van der Waals surface area contributed by atoms with Crippen LogP contribution in [0.2, 0.25) is 0 Å². The monoisotopic (exact) mass is 458 g/mol. The number of methoxy groups -OCH3 is 1. The van der Waals surface area contributed by atoms with E-state index >= 15 is 0 Å². The normalized spacial score (nSPS) is 23.2. The molecule has 8 nitrogen and oxygen atoms in total. The van der Waals surface area contributed by atoms with Crippen LogP contribution in [-0.2, 0) is 25.6 Å². The van der Waals surface area contributed by atoms with E-state index in [4.69, 9.17) is 14.2 Å². The van der Waals surface area contributed by atoms with Crippen molar-refractivity contribution in [2.45, 2.75) is 43.6 Å². The summed E-state index contributed by atoms with van der Waals surface area (Å²) < 4.78 is 30.2. The minimum atomic E-state index is -0.580.